The smallest absolute Gasteiger partial charge is 0.269 e. The van der Waals surface area contributed by atoms with E-state index in [1.165, 1.54) is 19.2 Å². The average molecular weight is 537 g/mol. The van der Waals surface area contributed by atoms with Crippen LogP contribution in [-0.2, 0) is 16.2 Å². The van der Waals surface area contributed by atoms with E-state index in [0.29, 0.717) is 47.6 Å². The van der Waals surface area contributed by atoms with Gasteiger partial charge in [-0.25, -0.2) is 0 Å². The SMILES string of the molecule is CCN1C2=C(C(=O)CCC2)C(c2cc(Cl)c(OCc3cccc([N+](=O)[O-])c3)c(OC)c2)C2=C1CCCC2=O. The van der Waals surface area contributed by atoms with E-state index in [2.05, 4.69) is 11.8 Å². The third-order valence-electron chi connectivity index (χ3n) is 7.49. The molecule has 0 saturated carbocycles. The highest BCUT2D eigenvalue weighted by Gasteiger charge is 2.43. The summed E-state index contributed by atoms with van der Waals surface area (Å²) in [6, 6.07) is 9.73. The van der Waals surface area contributed by atoms with Crippen LogP contribution in [0.25, 0.3) is 0 Å². The van der Waals surface area contributed by atoms with E-state index in [4.69, 9.17) is 21.1 Å². The second kappa shape index (κ2) is 10.6. The molecule has 1 heterocycles. The Bertz CT molecular complexity index is 1350. The number of rotatable bonds is 7. The normalized spacial score (nSPS) is 17.9. The Morgan fingerprint density at radius 3 is 2.26 bits per heavy atom. The highest BCUT2D eigenvalue weighted by molar-refractivity contribution is 6.32. The first-order valence-electron chi connectivity index (χ1n) is 12.9. The van der Waals surface area contributed by atoms with Crippen molar-refractivity contribution in [2.75, 3.05) is 13.7 Å². The molecule has 5 rings (SSSR count). The topological polar surface area (TPSA) is 99.0 Å². The third-order valence-corrected chi connectivity index (χ3v) is 7.77. The Balaban J connectivity index is 1.56. The number of hydrogen-bond donors (Lipinski definition) is 0. The summed E-state index contributed by atoms with van der Waals surface area (Å²) in [6.07, 6.45) is 4.10. The molecule has 38 heavy (non-hydrogen) atoms. The maximum absolute atomic E-state index is 13.3. The molecule has 2 aliphatic carbocycles. The molecule has 0 bridgehead atoms. The van der Waals surface area contributed by atoms with Gasteiger partial charge in [0, 0.05) is 60.0 Å². The molecule has 2 aromatic rings. The van der Waals surface area contributed by atoms with Gasteiger partial charge >= 0.3 is 0 Å². The molecule has 198 valence electrons. The van der Waals surface area contributed by atoms with Gasteiger partial charge in [-0.15, -0.1) is 0 Å². The molecular formula is C29H29ClN2O6. The molecule has 2 aromatic carbocycles. The van der Waals surface area contributed by atoms with Gasteiger partial charge in [-0.2, -0.15) is 0 Å². The molecule has 0 saturated heterocycles. The van der Waals surface area contributed by atoms with E-state index in [9.17, 15) is 19.7 Å². The van der Waals surface area contributed by atoms with E-state index in [1.54, 1.807) is 24.3 Å². The molecule has 0 amide bonds. The zero-order chi connectivity index (χ0) is 27.0. The predicted octanol–water partition coefficient (Wildman–Crippen LogP) is 6.27. The summed E-state index contributed by atoms with van der Waals surface area (Å²) >= 11 is 6.73. The average Bonchev–Trinajstić information content (AvgIpc) is 2.91. The minimum atomic E-state index is -0.499. The van der Waals surface area contributed by atoms with Crippen LogP contribution >= 0.6 is 11.6 Å². The lowest BCUT2D eigenvalue weighted by Gasteiger charge is -2.43. The summed E-state index contributed by atoms with van der Waals surface area (Å²) in [5.41, 5.74) is 4.72. The Morgan fingerprint density at radius 1 is 1.03 bits per heavy atom. The molecule has 1 aliphatic heterocycles. The molecule has 0 unspecified atom stereocenters. The number of Topliss-reactive ketones (excluding diaryl/α,β-unsaturated/α-hetero) is 2. The highest BCUT2D eigenvalue weighted by Crippen LogP contribution is 2.51. The fourth-order valence-corrected chi connectivity index (χ4v) is 6.17. The van der Waals surface area contributed by atoms with Crippen molar-refractivity contribution in [1.29, 1.82) is 0 Å². The second-order valence-electron chi connectivity index (χ2n) is 9.70. The van der Waals surface area contributed by atoms with Crippen LogP contribution in [0.3, 0.4) is 0 Å². The lowest BCUT2D eigenvalue weighted by Crippen LogP contribution is -2.39. The molecule has 0 N–H and O–H groups in total. The van der Waals surface area contributed by atoms with Crippen molar-refractivity contribution >= 4 is 28.9 Å². The minimum absolute atomic E-state index is 0.0274. The minimum Gasteiger partial charge on any atom is -0.493 e. The largest absolute Gasteiger partial charge is 0.493 e. The summed E-state index contributed by atoms with van der Waals surface area (Å²) in [4.78, 5) is 39.5. The summed E-state index contributed by atoms with van der Waals surface area (Å²) in [7, 11) is 1.50. The molecular weight excluding hydrogens is 508 g/mol. The van der Waals surface area contributed by atoms with E-state index in [0.717, 1.165) is 42.6 Å². The number of halogens is 1. The quantitative estimate of drug-likeness (QED) is 0.304. The van der Waals surface area contributed by atoms with Crippen LogP contribution in [0.2, 0.25) is 5.02 Å². The van der Waals surface area contributed by atoms with Crippen molar-refractivity contribution in [3.05, 3.63) is 85.2 Å². The summed E-state index contributed by atoms with van der Waals surface area (Å²) in [5.74, 6) is 0.303. The van der Waals surface area contributed by atoms with Crippen LogP contribution in [-0.4, -0.2) is 35.0 Å². The van der Waals surface area contributed by atoms with Crippen LogP contribution in [0, 0.1) is 10.1 Å². The molecule has 0 fully saturated rings. The maximum atomic E-state index is 13.3. The van der Waals surface area contributed by atoms with Crippen molar-refractivity contribution in [2.45, 2.75) is 58.0 Å². The Kier molecular flexibility index (Phi) is 7.25. The zero-order valence-corrected chi connectivity index (χ0v) is 22.2. The molecule has 9 heteroatoms. The van der Waals surface area contributed by atoms with E-state index < -0.39 is 10.8 Å². The first-order chi connectivity index (χ1) is 18.3. The molecule has 0 spiro atoms. The first-order valence-corrected chi connectivity index (χ1v) is 13.2. The van der Waals surface area contributed by atoms with Crippen molar-refractivity contribution < 1.29 is 24.0 Å². The maximum Gasteiger partial charge on any atom is 0.269 e. The lowest BCUT2D eigenvalue weighted by atomic mass is 9.71. The Labute approximate surface area is 226 Å². The number of non-ortho nitro benzene ring substituents is 1. The van der Waals surface area contributed by atoms with Crippen LogP contribution in [0.15, 0.2) is 58.9 Å². The monoisotopic (exact) mass is 536 g/mol. The van der Waals surface area contributed by atoms with Gasteiger partial charge in [0.05, 0.1) is 17.1 Å². The number of hydrogen-bond acceptors (Lipinski definition) is 7. The number of nitro benzene ring substituents is 1. The molecule has 0 atom stereocenters. The number of carbonyl (C=O) groups is 2. The number of nitro groups is 1. The van der Waals surface area contributed by atoms with Gasteiger partial charge in [0.2, 0.25) is 0 Å². The standard InChI is InChI=1S/C29H29ClN2O6/c1-3-31-21-9-5-11-23(33)27(21)26(28-22(31)10-6-12-24(28)34)18-14-20(30)29(25(15-18)37-2)38-16-17-7-4-8-19(13-17)32(35)36/h4,7-8,13-15,26H,3,5-6,9-12,16H2,1-2H3. The lowest BCUT2D eigenvalue weighted by molar-refractivity contribution is -0.384. The zero-order valence-electron chi connectivity index (χ0n) is 21.4. The van der Waals surface area contributed by atoms with Crippen LogP contribution in [0.5, 0.6) is 11.5 Å². The first kappa shape index (κ1) is 26.0. The van der Waals surface area contributed by atoms with Gasteiger partial charge in [0.25, 0.3) is 5.69 Å². The number of carbonyl (C=O) groups excluding carboxylic acids is 2. The van der Waals surface area contributed by atoms with Crippen LogP contribution in [0.1, 0.15) is 62.5 Å². The second-order valence-corrected chi connectivity index (χ2v) is 10.1. The summed E-state index contributed by atoms with van der Waals surface area (Å²) in [5, 5.41) is 11.4. The van der Waals surface area contributed by atoms with Gasteiger partial charge in [-0.1, -0.05) is 23.7 Å². The number of methoxy groups -OCH3 is 1. The Hall–Kier alpha value is -3.65. The van der Waals surface area contributed by atoms with Gasteiger partial charge < -0.3 is 14.4 Å². The third kappa shape index (κ3) is 4.58. The molecule has 8 nitrogen and oxygen atoms in total. The van der Waals surface area contributed by atoms with Gasteiger partial charge in [0.1, 0.15) is 6.61 Å². The van der Waals surface area contributed by atoms with E-state index in [1.807, 2.05) is 0 Å². The van der Waals surface area contributed by atoms with Gasteiger partial charge in [-0.05, 0) is 55.9 Å². The van der Waals surface area contributed by atoms with E-state index in [-0.39, 0.29) is 28.9 Å². The predicted molar refractivity (Wildman–Crippen MR) is 142 cm³/mol. The molecule has 0 aromatic heterocycles. The molecule has 0 radical (unpaired) electrons. The number of nitrogens with zero attached hydrogens (tertiary/aromatic N) is 2. The van der Waals surface area contributed by atoms with Crippen molar-refractivity contribution in [2.24, 2.45) is 0 Å². The van der Waals surface area contributed by atoms with E-state index >= 15 is 0 Å². The fraction of sp³-hybridized carbons (Fsp3) is 0.379. The van der Waals surface area contributed by atoms with Crippen LogP contribution in [0.4, 0.5) is 5.69 Å². The number of benzene rings is 2. The summed E-state index contributed by atoms with van der Waals surface area (Å²) < 4.78 is 11.6. The van der Waals surface area contributed by atoms with Gasteiger partial charge in [-0.3, -0.25) is 19.7 Å². The number of allylic oxidation sites excluding steroid dienone is 4. The van der Waals surface area contributed by atoms with Crippen molar-refractivity contribution in [1.82, 2.24) is 4.90 Å². The highest BCUT2D eigenvalue weighted by atomic mass is 35.5. The van der Waals surface area contributed by atoms with Crippen LogP contribution < -0.4 is 9.47 Å². The number of ether oxygens (including phenoxy) is 2. The molecule has 3 aliphatic rings. The summed E-state index contributed by atoms with van der Waals surface area (Å²) in [6.45, 7) is 2.81. The van der Waals surface area contributed by atoms with Gasteiger partial charge in [0.15, 0.2) is 23.1 Å². The number of ketones is 2. The van der Waals surface area contributed by atoms with Crippen molar-refractivity contribution in [3.8, 4) is 11.5 Å². The van der Waals surface area contributed by atoms with Crippen molar-refractivity contribution in [3.63, 3.8) is 0 Å². The Morgan fingerprint density at radius 2 is 1.68 bits per heavy atom. The fourth-order valence-electron chi connectivity index (χ4n) is 5.89.